The molecule has 6 nitrogen and oxygen atoms in total. The number of hydrogen-bond acceptors (Lipinski definition) is 6. The Morgan fingerprint density at radius 2 is 1.65 bits per heavy atom. The minimum Gasteiger partial charge on any atom is -0.493 e. The monoisotopic (exact) mass is 552 g/mol. The van der Waals surface area contributed by atoms with Gasteiger partial charge in [0.15, 0.2) is 11.5 Å². The highest BCUT2D eigenvalue weighted by molar-refractivity contribution is 7.07. The van der Waals surface area contributed by atoms with Crippen molar-refractivity contribution < 1.29 is 9.47 Å². The van der Waals surface area contributed by atoms with Crippen molar-refractivity contribution in [2.24, 2.45) is 0 Å². The number of aromatic nitrogens is 2. The Hall–Kier alpha value is -3.81. The molecule has 3 aromatic heterocycles. The Morgan fingerprint density at radius 3 is 2.38 bits per heavy atom. The van der Waals surface area contributed by atoms with E-state index in [1.807, 2.05) is 18.3 Å². The topological polar surface area (TPSA) is 53.6 Å². The van der Waals surface area contributed by atoms with E-state index >= 15 is 0 Å². The molecule has 1 aliphatic heterocycles. The number of fused-ring (bicyclic) bond motifs is 1. The van der Waals surface area contributed by atoms with Gasteiger partial charge in [-0.15, -0.1) is 0 Å². The fraction of sp³-hybridized carbons (Fsp3) is 0.303. The fourth-order valence-corrected chi connectivity index (χ4v) is 6.42. The van der Waals surface area contributed by atoms with Gasteiger partial charge in [0.1, 0.15) is 5.82 Å². The number of hydrogen-bond donors (Lipinski definition) is 1. The van der Waals surface area contributed by atoms with Crippen molar-refractivity contribution in [1.82, 2.24) is 14.9 Å². The summed E-state index contributed by atoms with van der Waals surface area (Å²) < 4.78 is 11.1. The third-order valence-electron chi connectivity index (χ3n) is 7.85. The number of ether oxygens (including phenoxy) is 2. The summed E-state index contributed by atoms with van der Waals surface area (Å²) in [7, 11) is 3.34. The average molecular weight is 553 g/mol. The molecule has 40 heavy (non-hydrogen) atoms. The zero-order valence-corrected chi connectivity index (χ0v) is 24.4. The molecule has 0 atom stereocenters. The van der Waals surface area contributed by atoms with Crippen molar-refractivity contribution in [2.75, 3.05) is 45.3 Å². The molecular formula is C33H36N4O2S. The van der Waals surface area contributed by atoms with Gasteiger partial charge in [0.2, 0.25) is 0 Å². The Kier molecular flexibility index (Phi) is 7.50. The molecule has 0 bridgehead atoms. The smallest absolute Gasteiger partial charge is 0.161 e. The summed E-state index contributed by atoms with van der Waals surface area (Å²) in [5, 5.41) is 5.66. The summed E-state index contributed by atoms with van der Waals surface area (Å²) in [5.74, 6) is 2.85. The van der Waals surface area contributed by atoms with Gasteiger partial charge in [0.25, 0.3) is 0 Å². The summed E-state index contributed by atoms with van der Waals surface area (Å²) in [5.41, 5.74) is 8.45. The third kappa shape index (κ3) is 5.19. The van der Waals surface area contributed by atoms with Crippen molar-refractivity contribution in [3.05, 3.63) is 82.7 Å². The number of piperazine rings is 1. The van der Waals surface area contributed by atoms with Crippen LogP contribution in [-0.2, 0) is 6.54 Å². The van der Waals surface area contributed by atoms with Gasteiger partial charge >= 0.3 is 0 Å². The van der Waals surface area contributed by atoms with Crippen LogP contribution in [0.3, 0.4) is 0 Å². The van der Waals surface area contributed by atoms with E-state index in [0.717, 1.165) is 66.8 Å². The Bertz CT molecular complexity index is 1600. The maximum atomic E-state index is 5.59. The largest absolute Gasteiger partial charge is 0.493 e. The number of aromatic amines is 1. The Labute approximate surface area is 240 Å². The lowest BCUT2D eigenvalue weighted by Crippen LogP contribution is -2.46. The van der Waals surface area contributed by atoms with Crippen LogP contribution in [0.2, 0.25) is 0 Å². The number of H-pyrrole nitrogens is 1. The highest BCUT2D eigenvalue weighted by Crippen LogP contribution is 2.40. The molecule has 0 amide bonds. The minimum atomic E-state index is 0.338. The van der Waals surface area contributed by atoms with E-state index in [1.165, 1.54) is 27.6 Å². The van der Waals surface area contributed by atoms with Crippen LogP contribution in [0.25, 0.3) is 33.3 Å². The van der Waals surface area contributed by atoms with Crippen molar-refractivity contribution in [1.29, 1.82) is 0 Å². The standard InChI is InChI=1S/C33H36N4O2S/c1-22(2)32-27-17-24(5-7-28(27)35-33(32)26-6-8-29(38-3)30(18-26)39-4)25-9-11-34-31(19-25)37-14-12-36(13-15-37)20-23-10-16-40-21-23/h5-11,16-19,21-22,35H,12-15,20H2,1-4H3. The predicted molar refractivity (Wildman–Crippen MR) is 166 cm³/mol. The molecule has 1 fully saturated rings. The van der Waals surface area contributed by atoms with Gasteiger partial charge in [-0.1, -0.05) is 19.9 Å². The van der Waals surface area contributed by atoms with E-state index in [4.69, 9.17) is 14.5 Å². The van der Waals surface area contributed by atoms with Gasteiger partial charge in [0, 0.05) is 55.4 Å². The zero-order chi connectivity index (χ0) is 27.6. The number of rotatable bonds is 8. The lowest BCUT2D eigenvalue weighted by molar-refractivity contribution is 0.249. The number of methoxy groups -OCH3 is 2. The second-order valence-corrected chi connectivity index (χ2v) is 11.5. The first-order valence-electron chi connectivity index (χ1n) is 13.9. The summed E-state index contributed by atoms with van der Waals surface area (Å²) in [6.45, 7) is 9.61. The summed E-state index contributed by atoms with van der Waals surface area (Å²) >= 11 is 1.77. The predicted octanol–water partition coefficient (Wildman–Crippen LogP) is 7.42. The molecule has 6 rings (SSSR count). The lowest BCUT2D eigenvalue weighted by atomic mass is 9.94. The molecule has 1 saturated heterocycles. The number of benzene rings is 2. The molecule has 0 spiro atoms. The second kappa shape index (κ2) is 11.4. The quantitative estimate of drug-likeness (QED) is 0.217. The van der Waals surface area contributed by atoms with Crippen molar-refractivity contribution in [3.8, 4) is 33.9 Å². The normalized spacial score (nSPS) is 14.3. The average Bonchev–Trinajstić information content (AvgIpc) is 3.64. The zero-order valence-electron chi connectivity index (χ0n) is 23.6. The van der Waals surface area contributed by atoms with Crippen LogP contribution in [0.5, 0.6) is 11.5 Å². The van der Waals surface area contributed by atoms with Crippen LogP contribution in [0, 0.1) is 0 Å². The number of anilines is 1. The summed E-state index contributed by atoms with van der Waals surface area (Å²) in [6, 6.07) is 19.4. The van der Waals surface area contributed by atoms with Crippen LogP contribution in [0.4, 0.5) is 5.82 Å². The van der Waals surface area contributed by atoms with Crippen LogP contribution >= 0.6 is 11.3 Å². The summed E-state index contributed by atoms with van der Waals surface area (Å²) in [4.78, 5) is 13.4. The molecular weight excluding hydrogens is 516 g/mol. The van der Waals surface area contributed by atoms with Crippen LogP contribution in [0.1, 0.15) is 30.9 Å². The van der Waals surface area contributed by atoms with E-state index in [1.54, 1.807) is 25.6 Å². The van der Waals surface area contributed by atoms with Gasteiger partial charge in [-0.25, -0.2) is 4.98 Å². The maximum Gasteiger partial charge on any atom is 0.161 e. The van der Waals surface area contributed by atoms with Gasteiger partial charge in [-0.05, 0) is 87.5 Å². The minimum absolute atomic E-state index is 0.338. The van der Waals surface area contributed by atoms with Gasteiger partial charge < -0.3 is 19.4 Å². The number of pyridine rings is 1. The molecule has 206 valence electrons. The number of thiophene rings is 1. The van der Waals surface area contributed by atoms with E-state index in [0.29, 0.717) is 5.92 Å². The summed E-state index contributed by atoms with van der Waals surface area (Å²) in [6.07, 6.45) is 1.95. The lowest BCUT2D eigenvalue weighted by Gasteiger charge is -2.35. The van der Waals surface area contributed by atoms with Gasteiger partial charge in [0.05, 0.1) is 19.9 Å². The van der Waals surface area contributed by atoms with Crippen LogP contribution in [0.15, 0.2) is 71.6 Å². The van der Waals surface area contributed by atoms with Crippen molar-refractivity contribution in [2.45, 2.75) is 26.3 Å². The number of nitrogens with one attached hydrogen (secondary N) is 1. The highest BCUT2D eigenvalue weighted by Gasteiger charge is 2.20. The molecule has 1 aliphatic rings. The van der Waals surface area contributed by atoms with Gasteiger partial charge in [-0.3, -0.25) is 4.90 Å². The van der Waals surface area contributed by atoms with Crippen LogP contribution in [-0.4, -0.2) is 55.3 Å². The molecule has 0 radical (unpaired) electrons. The Morgan fingerprint density at radius 1 is 0.875 bits per heavy atom. The fourth-order valence-electron chi connectivity index (χ4n) is 5.76. The van der Waals surface area contributed by atoms with Crippen LogP contribution < -0.4 is 14.4 Å². The maximum absolute atomic E-state index is 5.59. The molecule has 1 N–H and O–H groups in total. The molecule has 5 aromatic rings. The van der Waals surface area contributed by atoms with E-state index < -0.39 is 0 Å². The first-order valence-corrected chi connectivity index (χ1v) is 14.8. The first-order chi connectivity index (χ1) is 19.5. The van der Waals surface area contributed by atoms with Gasteiger partial charge in [-0.2, -0.15) is 11.3 Å². The molecule has 2 aromatic carbocycles. The van der Waals surface area contributed by atoms with Crippen molar-refractivity contribution >= 4 is 28.1 Å². The SMILES string of the molecule is COc1ccc(-c2[nH]c3ccc(-c4ccnc(N5CCN(Cc6ccsc6)CC5)c4)cc3c2C(C)C)cc1OC. The molecule has 0 saturated carbocycles. The highest BCUT2D eigenvalue weighted by atomic mass is 32.1. The van der Waals surface area contributed by atoms with Crippen molar-refractivity contribution in [3.63, 3.8) is 0 Å². The van der Waals surface area contributed by atoms with E-state index in [9.17, 15) is 0 Å². The molecule has 4 heterocycles. The molecule has 7 heteroatoms. The molecule has 0 aliphatic carbocycles. The van der Waals surface area contributed by atoms with E-state index in [-0.39, 0.29) is 0 Å². The van der Waals surface area contributed by atoms with E-state index in [2.05, 4.69) is 81.9 Å². The third-order valence-corrected chi connectivity index (χ3v) is 8.58. The number of nitrogens with zero attached hydrogens (tertiary/aromatic N) is 3. The second-order valence-electron chi connectivity index (χ2n) is 10.7. The first kappa shape index (κ1) is 26.4. The molecule has 0 unspecified atom stereocenters. The Balaban J connectivity index is 1.28.